The predicted octanol–water partition coefficient (Wildman–Crippen LogP) is 3.28. The molecule has 110 valence electrons. The molecule has 0 atom stereocenters. The maximum absolute atomic E-state index is 11.0. The van der Waals surface area contributed by atoms with E-state index in [4.69, 9.17) is 16.7 Å². The molecule has 0 amide bonds. The van der Waals surface area contributed by atoms with Crippen molar-refractivity contribution in [3.8, 4) is 5.75 Å². The van der Waals surface area contributed by atoms with Gasteiger partial charge in [-0.2, -0.15) is 0 Å². The Morgan fingerprint density at radius 1 is 1.18 bits per heavy atom. The third-order valence-electron chi connectivity index (χ3n) is 3.28. The van der Waals surface area contributed by atoms with Gasteiger partial charge in [0.2, 0.25) is 0 Å². The van der Waals surface area contributed by atoms with Gasteiger partial charge in [-0.05, 0) is 23.6 Å². The van der Waals surface area contributed by atoms with Crippen LogP contribution in [-0.2, 0) is 6.42 Å². The highest BCUT2D eigenvalue weighted by Gasteiger charge is 2.18. The predicted molar refractivity (Wildman–Crippen MR) is 82.4 cm³/mol. The maximum atomic E-state index is 11.0. The molecule has 0 aliphatic heterocycles. The number of benzene rings is 1. The first-order valence-corrected chi connectivity index (χ1v) is 6.88. The average Bonchev–Trinajstić information content (AvgIpc) is 2.51. The van der Waals surface area contributed by atoms with Gasteiger partial charge in [0, 0.05) is 11.6 Å². The topological polar surface area (TPSA) is 83.3 Å². The molecule has 0 saturated carbocycles. The molecule has 0 unspecified atom stereocenters. The van der Waals surface area contributed by atoms with Crippen LogP contribution in [0.4, 0.5) is 0 Å². The minimum atomic E-state index is -1.35. The number of aromatic carboxylic acids is 1. The summed E-state index contributed by atoms with van der Waals surface area (Å²) >= 11 is 6.03. The largest absolute Gasteiger partial charge is 0.504 e. The zero-order valence-corrected chi connectivity index (χ0v) is 12.1. The molecule has 2 aromatic heterocycles. The third-order valence-corrected chi connectivity index (χ3v) is 3.57. The van der Waals surface area contributed by atoms with Crippen molar-refractivity contribution in [2.75, 3.05) is 0 Å². The Hall–Kier alpha value is -2.66. The van der Waals surface area contributed by atoms with E-state index in [0.717, 1.165) is 11.1 Å². The summed E-state index contributed by atoms with van der Waals surface area (Å²) in [5.74, 6) is -1.82. The van der Waals surface area contributed by atoms with Crippen molar-refractivity contribution in [2.24, 2.45) is 0 Å². The second kappa shape index (κ2) is 5.61. The number of carboxylic acids is 1. The molecule has 0 aliphatic carbocycles. The number of rotatable bonds is 3. The van der Waals surface area contributed by atoms with E-state index in [9.17, 15) is 9.90 Å². The molecule has 3 rings (SSSR count). The lowest BCUT2D eigenvalue weighted by Crippen LogP contribution is -2.03. The lowest BCUT2D eigenvalue weighted by molar-refractivity contribution is 0.0687. The van der Waals surface area contributed by atoms with Gasteiger partial charge < -0.3 is 10.2 Å². The third kappa shape index (κ3) is 2.58. The molecule has 0 fully saturated rings. The Balaban J connectivity index is 2.09. The monoisotopic (exact) mass is 314 g/mol. The van der Waals surface area contributed by atoms with E-state index in [0.29, 0.717) is 11.8 Å². The summed E-state index contributed by atoms with van der Waals surface area (Å²) in [6.07, 6.45) is 2.25. The minimum Gasteiger partial charge on any atom is -0.504 e. The Bertz CT molecular complexity index is 866. The van der Waals surface area contributed by atoms with Crippen LogP contribution in [0.25, 0.3) is 10.9 Å². The van der Waals surface area contributed by atoms with Crippen LogP contribution >= 0.6 is 11.6 Å². The Kier molecular flexibility index (Phi) is 3.65. The zero-order chi connectivity index (χ0) is 15.7. The Labute approximate surface area is 130 Å². The molecule has 6 heteroatoms. The molecular formula is C16H11ClN2O3. The standard InChI is InChI=1S/C16H11ClN2O3/c17-15-11-7-10(6-9-4-2-1-3-5-9)8-18-12(11)14(20)13(19-15)16(21)22/h1-5,7-8,20H,6H2,(H,21,22). The number of carbonyl (C=O) groups is 1. The highest BCUT2D eigenvalue weighted by molar-refractivity contribution is 6.34. The van der Waals surface area contributed by atoms with Gasteiger partial charge in [-0.1, -0.05) is 41.9 Å². The summed E-state index contributed by atoms with van der Waals surface area (Å²) in [4.78, 5) is 18.9. The van der Waals surface area contributed by atoms with Crippen LogP contribution in [0.5, 0.6) is 5.75 Å². The van der Waals surface area contributed by atoms with Crippen molar-refractivity contribution in [3.63, 3.8) is 0 Å². The number of nitrogens with zero attached hydrogens (tertiary/aromatic N) is 2. The van der Waals surface area contributed by atoms with Crippen LogP contribution in [-0.4, -0.2) is 26.2 Å². The molecule has 0 aliphatic rings. The van der Waals surface area contributed by atoms with Crippen molar-refractivity contribution in [3.05, 3.63) is 64.6 Å². The van der Waals surface area contributed by atoms with Crippen molar-refractivity contribution >= 4 is 28.5 Å². The molecule has 0 radical (unpaired) electrons. The number of carboxylic acid groups (broad SMARTS) is 1. The number of halogens is 1. The van der Waals surface area contributed by atoms with Gasteiger partial charge in [-0.25, -0.2) is 9.78 Å². The summed E-state index contributed by atoms with van der Waals surface area (Å²) in [6, 6.07) is 11.6. The molecular weight excluding hydrogens is 304 g/mol. The van der Waals surface area contributed by atoms with E-state index in [2.05, 4.69) is 9.97 Å². The molecule has 2 N–H and O–H groups in total. The molecule has 5 nitrogen and oxygen atoms in total. The van der Waals surface area contributed by atoms with E-state index in [1.54, 1.807) is 12.3 Å². The molecule has 0 bridgehead atoms. The van der Waals surface area contributed by atoms with Crippen LogP contribution < -0.4 is 0 Å². The van der Waals surface area contributed by atoms with E-state index in [1.165, 1.54) is 0 Å². The molecule has 1 aromatic carbocycles. The number of hydrogen-bond donors (Lipinski definition) is 2. The number of fused-ring (bicyclic) bond motifs is 1. The van der Waals surface area contributed by atoms with Gasteiger partial charge in [-0.3, -0.25) is 4.98 Å². The first-order chi connectivity index (χ1) is 10.6. The second-order valence-electron chi connectivity index (χ2n) is 4.81. The quantitative estimate of drug-likeness (QED) is 0.725. The number of aromatic nitrogens is 2. The fourth-order valence-corrected chi connectivity index (χ4v) is 2.48. The fourth-order valence-electron chi connectivity index (χ4n) is 2.25. The van der Waals surface area contributed by atoms with Crippen LogP contribution in [0.15, 0.2) is 42.6 Å². The fraction of sp³-hybridized carbons (Fsp3) is 0.0625. The number of pyridine rings is 2. The normalized spacial score (nSPS) is 10.8. The molecule has 3 aromatic rings. The molecule has 22 heavy (non-hydrogen) atoms. The van der Waals surface area contributed by atoms with Gasteiger partial charge in [0.1, 0.15) is 10.7 Å². The lowest BCUT2D eigenvalue weighted by atomic mass is 10.1. The van der Waals surface area contributed by atoms with Crippen molar-refractivity contribution in [2.45, 2.75) is 6.42 Å². The van der Waals surface area contributed by atoms with E-state index in [1.807, 2.05) is 30.3 Å². The first-order valence-electron chi connectivity index (χ1n) is 6.50. The average molecular weight is 315 g/mol. The van der Waals surface area contributed by atoms with Crippen LogP contribution in [0, 0.1) is 0 Å². The Morgan fingerprint density at radius 2 is 1.91 bits per heavy atom. The second-order valence-corrected chi connectivity index (χ2v) is 5.17. The van der Waals surface area contributed by atoms with E-state index >= 15 is 0 Å². The van der Waals surface area contributed by atoms with Crippen molar-refractivity contribution in [1.29, 1.82) is 0 Å². The highest BCUT2D eigenvalue weighted by Crippen LogP contribution is 2.31. The minimum absolute atomic E-state index is 0.00705. The van der Waals surface area contributed by atoms with Crippen LogP contribution in [0.1, 0.15) is 21.6 Å². The van der Waals surface area contributed by atoms with Gasteiger partial charge in [0.15, 0.2) is 11.4 Å². The summed E-state index contributed by atoms with van der Waals surface area (Å²) in [5, 5.41) is 19.4. The molecule has 2 heterocycles. The van der Waals surface area contributed by atoms with Crippen molar-refractivity contribution in [1.82, 2.24) is 9.97 Å². The van der Waals surface area contributed by atoms with Crippen molar-refractivity contribution < 1.29 is 15.0 Å². The van der Waals surface area contributed by atoms with Gasteiger partial charge in [0.05, 0.1) is 0 Å². The number of aromatic hydroxyl groups is 1. The van der Waals surface area contributed by atoms with Gasteiger partial charge in [-0.15, -0.1) is 0 Å². The SMILES string of the molecule is O=C(O)c1nc(Cl)c2cc(Cc3ccccc3)cnc2c1O. The summed E-state index contributed by atoms with van der Waals surface area (Å²) < 4.78 is 0. The van der Waals surface area contributed by atoms with Gasteiger partial charge in [0.25, 0.3) is 0 Å². The van der Waals surface area contributed by atoms with Crippen LogP contribution in [0.2, 0.25) is 5.15 Å². The smallest absolute Gasteiger partial charge is 0.358 e. The van der Waals surface area contributed by atoms with E-state index < -0.39 is 17.4 Å². The number of hydrogen-bond acceptors (Lipinski definition) is 4. The molecule has 0 spiro atoms. The summed E-state index contributed by atoms with van der Waals surface area (Å²) in [6.45, 7) is 0. The first kappa shape index (κ1) is 14.3. The van der Waals surface area contributed by atoms with Gasteiger partial charge >= 0.3 is 5.97 Å². The highest BCUT2D eigenvalue weighted by atomic mass is 35.5. The Morgan fingerprint density at radius 3 is 2.59 bits per heavy atom. The zero-order valence-electron chi connectivity index (χ0n) is 11.3. The maximum Gasteiger partial charge on any atom is 0.358 e. The van der Waals surface area contributed by atoms with Crippen LogP contribution in [0.3, 0.4) is 0 Å². The van der Waals surface area contributed by atoms with E-state index in [-0.39, 0.29) is 10.7 Å². The summed E-state index contributed by atoms with van der Waals surface area (Å²) in [5.41, 5.74) is 1.64. The lowest BCUT2D eigenvalue weighted by Gasteiger charge is -2.08. The summed E-state index contributed by atoms with van der Waals surface area (Å²) in [7, 11) is 0. The molecule has 0 saturated heterocycles.